The number of alkyl halides is 3. The SMILES string of the molecule is O=C(O)c1cn(Cc2ccc3ccccc3c2)c2ccc(OC(F)(F)F)cc12. The van der Waals surface area contributed by atoms with E-state index in [0.717, 1.165) is 22.4 Å². The first-order valence-corrected chi connectivity index (χ1v) is 8.40. The molecule has 142 valence electrons. The predicted molar refractivity (Wildman–Crippen MR) is 98.6 cm³/mol. The number of carboxylic acids is 1. The maximum atomic E-state index is 12.5. The maximum Gasteiger partial charge on any atom is 0.573 e. The third-order valence-electron chi connectivity index (χ3n) is 4.48. The van der Waals surface area contributed by atoms with Crippen molar-refractivity contribution < 1.29 is 27.8 Å². The van der Waals surface area contributed by atoms with Crippen molar-refractivity contribution in [1.82, 2.24) is 4.57 Å². The van der Waals surface area contributed by atoms with Gasteiger partial charge >= 0.3 is 12.3 Å². The zero-order valence-corrected chi connectivity index (χ0v) is 14.4. The molecule has 7 heteroatoms. The van der Waals surface area contributed by atoms with Crippen molar-refractivity contribution in [2.45, 2.75) is 12.9 Å². The highest BCUT2D eigenvalue weighted by atomic mass is 19.4. The van der Waals surface area contributed by atoms with Crippen molar-refractivity contribution in [1.29, 1.82) is 0 Å². The molecule has 0 saturated carbocycles. The Kier molecular flexibility index (Phi) is 4.22. The summed E-state index contributed by atoms with van der Waals surface area (Å²) in [5, 5.41) is 11.8. The van der Waals surface area contributed by atoms with E-state index in [4.69, 9.17) is 0 Å². The van der Waals surface area contributed by atoms with Crippen LogP contribution in [0, 0.1) is 0 Å². The Balaban J connectivity index is 1.76. The van der Waals surface area contributed by atoms with Crippen LogP contribution < -0.4 is 4.74 Å². The lowest BCUT2D eigenvalue weighted by Gasteiger charge is -2.10. The van der Waals surface area contributed by atoms with Crippen LogP contribution >= 0.6 is 0 Å². The molecule has 4 nitrogen and oxygen atoms in total. The van der Waals surface area contributed by atoms with E-state index in [0.29, 0.717) is 12.1 Å². The molecule has 4 aromatic rings. The quantitative estimate of drug-likeness (QED) is 0.509. The van der Waals surface area contributed by atoms with Crippen LogP contribution in [0.5, 0.6) is 5.75 Å². The number of benzene rings is 3. The van der Waals surface area contributed by atoms with Gasteiger partial charge in [0, 0.05) is 23.6 Å². The monoisotopic (exact) mass is 385 g/mol. The van der Waals surface area contributed by atoms with Crippen molar-refractivity contribution in [2.75, 3.05) is 0 Å². The van der Waals surface area contributed by atoms with Crippen molar-refractivity contribution in [3.8, 4) is 5.75 Å². The van der Waals surface area contributed by atoms with Gasteiger partial charge in [0.2, 0.25) is 0 Å². The van der Waals surface area contributed by atoms with E-state index in [1.54, 1.807) is 4.57 Å². The molecule has 0 aliphatic heterocycles. The molecule has 1 aromatic heterocycles. The van der Waals surface area contributed by atoms with Gasteiger partial charge in [0.05, 0.1) is 5.56 Å². The molecular formula is C21H14F3NO3. The normalized spacial score (nSPS) is 11.8. The lowest BCUT2D eigenvalue weighted by molar-refractivity contribution is -0.274. The first-order chi connectivity index (χ1) is 13.3. The maximum absolute atomic E-state index is 12.5. The fourth-order valence-electron chi connectivity index (χ4n) is 3.31. The zero-order valence-electron chi connectivity index (χ0n) is 14.4. The Labute approximate surface area is 157 Å². The summed E-state index contributed by atoms with van der Waals surface area (Å²) in [6.07, 6.45) is -3.41. The molecule has 0 bridgehead atoms. The van der Waals surface area contributed by atoms with Gasteiger partial charge < -0.3 is 14.4 Å². The number of rotatable bonds is 4. The second kappa shape index (κ2) is 6.60. The molecular weight excluding hydrogens is 371 g/mol. The molecule has 1 N–H and O–H groups in total. The second-order valence-corrected chi connectivity index (χ2v) is 6.38. The third-order valence-corrected chi connectivity index (χ3v) is 4.48. The molecule has 1 heterocycles. The van der Waals surface area contributed by atoms with Crippen LogP contribution in [0.4, 0.5) is 13.2 Å². The number of carboxylic acid groups (broad SMARTS) is 1. The lowest BCUT2D eigenvalue weighted by atomic mass is 10.1. The number of carbonyl (C=O) groups is 1. The minimum absolute atomic E-state index is 0.0802. The average molecular weight is 385 g/mol. The molecule has 0 aliphatic carbocycles. The molecule has 28 heavy (non-hydrogen) atoms. The van der Waals surface area contributed by atoms with E-state index in [9.17, 15) is 23.1 Å². The number of hydrogen-bond acceptors (Lipinski definition) is 2. The predicted octanol–water partition coefficient (Wildman–Crippen LogP) is 5.44. The van der Waals surface area contributed by atoms with Gasteiger partial charge in [-0.2, -0.15) is 0 Å². The van der Waals surface area contributed by atoms with E-state index in [2.05, 4.69) is 4.74 Å². The van der Waals surface area contributed by atoms with E-state index in [1.807, 2.05) is 42.5 Å². The number of ether oxygens (including phenoxy) is 1. The van der Waals surface area contributed by atoms with Crippen molar-refractivity contribution in [3.63, 3.8) is 0 Å². The zero-order chi connectivity index (χ0) is 19.9. The van der Waals surface area contributed by atoms with Gasteiger partial charge in [-0.05, 0) is 40.6 Å². The molecule has 4 rings (SSSR count). The number of fused-ring (bicyclic) bond motifs is 2. The van der Waals surface area contributed by atoms with Gasteiger partial charge in [-0.15, -0.1) is 13.2 Å². The fourth-order valence-corrected chi connectivity index (χ4v) is 3.31. The highest BCUT2D eigenvalue weighted by Gasteiger charge is 2.31. The average Bonchev–Trinajstić information content (AvgIpc) is 2.98. The van der Waals surface area contributed by atoms with Crippen molar-refractivity contribution in [3.05, 3.63) is 78.0 Å². The van der Waals surface area contributed by atoms with Crippen LogP contribution in [0.25, 0.3) is 21.7 Å². The van der Waals surface area contributed by atoms with Crippen LogP contribution in [0.15, 0.2) is 66.9 Å². The fraction of sp³-hybridized carbons (Fsp3) is 0.0952. The highest BCUT2D eigenvalue weighted by Crippen LogP contribution is 2.30. The number of halogens is 3. The Bertz CT molecular complexity index is 1190. The smallest absolute Gasteiger partial charge is 0.478 e. The summed E-state index contributed by atoms with van der Waals surface area (Å²) in [6, 6.07) is 17.5. The minimum atomic E-state index is -4.84. The standard InChI is InChI=1S/C21H14F3NO3/c22-21(23,24)28-16-7-8-19-17(10-16)18(20(26)27)12-25(19)11-13-5-6-14-3-1-2-4-15(14)9-13/h1-10,12H,11H2,(H,26,27). The number of hydrogen-bond donors (Lipinski definition) is 1. The Morgan fingerprint density at radius 2 is 1.75 bits per heavy atom. The molecule has 0 atom stereocenters. The van der Waals surface area contributed by atoms with Gasteiger partial charge in [-0.25, -0.2) is 4.79 Å². The lowest BCUT2D eigenvalue weighted by Crippen LogP contribution is -2.17. The van der Waals surface area contributed by atoms with E-state index in [1.165, 1.54) is 18.3 Å². The number of aromatic carboxylic acids is 1. The summed E-state index contributed by atoms with van der Waals surface area (Å²) in [5.41, 5.74) is 1.38. The highest BCUT2D eigenvalue weighted by molar-refractivity contribution is 6.04. The van der Waals surface area contributed by atoms with Crippen LogP contribution in [0.1, 0.15) is 15.9 Å². The summed E-state index contributed by atoms with van der Waals surface area (Å²) in [4.78, 5) is 11.6. The van der Waals surface area contributed by atoms with Gasteiger partial charge in [0.15, 0.2) is 0 Å². The Morgan fingerprint density at radius 3 is 2.46 bits per heavy atom. The van der Waals surface area contributed by atoms with Gasteiger partial charge in [0.25, 0.3) is 0 Å². The van der Waals surface area contributed by atoms with Gasteiger partial charge in [-0.3, -0.25) is 0 Å². The van der Waals surface area contributed by atoms with Crippen molar-refractivity contribution >= 4 is 27.6 Å². The molecule has 0 fully saturated rings. The summed E-state index contributed by atoms with van der Waals surface area (Å²) in [5.74, 6) is -1.67. The van der Waals surface area contributed by atoms with E-state index in [-0.39, 0.29) is 10.9 Å². The second-order valence-electron chi connectivity index (χ2n) is 6.38. The third kappa shape index (κ3) is 3.51. The molecule has 0 saturated heterocycles. The van der Waals surface area contributed by atoms with Crippen LogP contribution in [0.2, 0.25) is 0 Å². The minimum Gasteiger partial charge on any atom is -0.478 e. The molecule has 3 aromatic carbocycles. The molecule has 0 aliphatic rings. The molecule has 0 amide bonds. The topological polar surface area (TPSA) is 51.5 Å². The van der Waals surface area contributed by atoms with Gasteiger partial charge in [0.1, 0.15) is 5.75 Å². The van der Waals surface area contributed by atoms with Gasteiger partial charge in [-0.1, -0.05) is 36.4 Å². The van der Waals surface area contributed by atoms with Crippen LogP contribution in [0.3, 0.4) is 0 Å². The first-order valence-electron chi connectivity index (χ1n) is 8.40. The summed E-state index contributed by atoms with van der Waals surface area (Å²) < 4.78 is 43.1. The first kappa shape index (κ1) is 17.9. The molecule has 0 spiro atoms. The van der Waals surface area contributed by atoms with Crippen molar-refractivity contribution in [2.24, 2.45) is 0 Å². The summed E-state index contributed by atoms with van der Waals surface area (Å²) >= 11 is 0. The summed E-state index contributed by atoms with van der Waals surface area (Å²) in [7, 11) is 0. The van der Waals surface area contributed by atoms with Crippen LogP contribution in [-0.2, 0) is 6.54 Å². The summed E-state index contributed by atoms with van der Waals surface area (Å²) in [6.45, 7) is 0.383. The number of nitrogens with zero attached hydrogens (tertiary/aromatic N) is 1. The number of aromatic nitrogens is 1. The Hall–Kier alpha value is -3.48. The van der Waals surface area contributed by atoms with E-state index < -0.39 is 18.1 Å². The molecule has 0 unspecified atom stereocenters. The van der Waals surface area contributed by atoms with Crippen LogP contribution in [-0.4, -0.2) is 22.0 Å². The Morgan fingerprint density at radius 1 is 1.00 bits per heavy atom. The van der Waals surface area contributed by atoms with E-state index >= 15 is 0 Å². The molecule has 0 radical (unpaired) electrons. The largest absolute Gasteiger partial charge is 0.573 e.